The highest BCUT2D eigenvalue weighted by Gasteiger charge is 2.11. The first-order valence-corrected chi connectivity index (χ1v) is 9.88. The van der Waals surface area contributed by atoms with E-state index in [0.29, 0.717) is 16.4 Å². The Hall–Kier alpha value is -3.13. The molecule has 0 radical (unpaired) electrons. The maximum Gasteiger partial charge on any atom is 0.238 e. The van der Waals surface area contributed by atoms with Crippen molar-refractivity contribution in [3.63, 3.8) is 0 Å². The maximum absolute atomic E-state index is 13.0. The Kier molecular flexibility index (Phi) is 5.27. The van der Waals surface area contributed by atoms with E-state index in [9.17, 15) is 18.1 Å². The molecule has 0 amide bonds. The van der Waals surface area contributed by atoms with Gasteiger partial charge in [0.15, 0.2) is 10.7 Å². The predicted octanol–water partition coefficient (Wildman–Crippen LogP) is 2.94. The van der Waals surface area contributed by atoms with Crippen LogP contribution in [0.4, 0.5) is 10.1 Å². The molecule has 0 unspecified atom stereocenters. The second-order valence-electron chi connectivity index (χ2n) is 5.30. The van der Waals surface area contributed by atoms with Gasteiger partial charge in [-0.3, -0.25) is 5.43 Å². The minimum Gasteiger partial charge on any atom is -0.277 e. The summed E-state index contributed by atoms with van der Waals surface area (Å²) in [6.07, 6.45) is 0. The standard InChI is InChI=1S/C17H12FN5O2S2/c18-12-3-1-11(2-4-12)16-10-26-17(21-16)15(9-19)23-22-13-5-7-14(8-6-13)27(20,24)25/h1-8,10,22H,(H2,20,24,25)/b23-15-. The zero-order chi connectivity index (χ0) is 19.4. The van der Waals surface area contributed by atoms with Crippen LogP contribution in [0, 0.1) is 17.1 Å². The van der Waals surface area contributed by atoms with E-state index in [4.69, 9.17) is 5.14 Å². The number of primary sulfonamides is 1. The van der Waals surface area contributed by atoms with Crippen molar-refractivity contribution < 1.29 is 12.8 Å². The molecule has 0 spiro atoms. The number of sulfonamides is 1. The first-order valence-electron chi connectivity index (χ1n) is 7.45. The number of nitrogens with two attached hydrogens (primary N) is 1. The van der Waals surface area contributed by atoms with Crippen LogP contribution in [0.3, 0.4) is 0 Å². The molecule has 0 saturated carbocycles. The first kappa shape index (κ1) is 18.7. The van der Waals surface area contributed by atoms with Crippen molar-refractivity contribution in [3.05, 3.63) is 64.7 Å². The Labute approximate surface area is 158 Å². The molecule has 0 bridgehead atoms. The Bertz CT molecular complexity index is 1130. The van der Waals surface area contributed by atoms with Crippen LogP contribution in [0.1, 0.15) is 5.01 Å². The highest BCUT2D eigenvalue weighted by Crippen LogP contribution is 2.22. The van der Waals surface area contributed by atoms with Crippen molar-refractivity contribution in [2.45, 2.75) is 4.90 Å². The van der Waals surface area contributed by atoms with Gasteiger partial charge in [0.1, 0.15) is 11.9 Å². The molecule has 27 heavy (non-hydrogen) atoms. The number of nitrogens with one attached hydrogen (secondary N) is 1. The average molecular weight is 401 g/mol. The summed E-state index contributed by atoms with van der Waals surface area (Å²) in [5.74, 6) is -0.342. The third-order valence-corrected chi connectivity index (χ3v) is 5.21. The topological polar surface area (TPSA) is 121 Å². The molecule has 7 nitrogen and oxygen atoms in total. The van der Waals surface area contributed by atoms with Crippen LogP contribution in [0.2, 0.25) is 0 Å². The van der Waals surface area contributed by atoms with E-state index < -0.39 is 10.0 Å². The van der Waals surface area contributed by atoms with Crippen LogP contribution < -0.4 is 10.6 Å². The molecule has 10 heteroatoms. The van der Waals surface area contributed by atoms with E-state index in [-0.39, 0.29) is 16.4 Å². The SMILES string of the molecule is N#C/C(=N/Nc1ccc(S(N)(=O)=O)cc1)c1nc(-c2ccc(F)cc2)cs1. The molecule has 1 aromatic heterocycles. The molecule has 0 atom stereocenters. The van der Waals surface area contributed by atoms with Crippen molar-refractivity contribution in [3.8, 4) is 17.3 Å². The summed E-state index contributed by atoms with van der Waals surface area (Å²) in [4.78, 5) is 4.32. The minimum absolute atomic E-state index is 0.0265. The lowest BCUT2D eigenvalue weighted by Gasteiger charge is -2.02. The zero-order valence-electron chi connectivity index (χ0n) is 13.6. The molecule has 2 aromatic carbocycles. The van der Waals surface area contributed by atoms with Crippen molar-refractivity contribution in [2.24, 2.45) is 10.2 Å². The summed E-state index contributed by atoms with van der Waals surface area (Å²) < 4.78 is 35.5. The normalized spacial score (nSPS) is 11.8. The molecule has 3 N–H and O–H groups in total. The number of nitrogens with zero attached hydrogens (tertiary/aromatic N) is 3. The lowest BCUT2D eigenvalue weighted by Crippen LogP contribution is -2.11. The van der Waals surface area contributed by atoms with Gasteiger partial charge in [-0.15, -0.1) is 11.3 Å². The summed E-state index contributed by atoms with van der Waals surface area (Å²) in [6.45, 7) is 0. The second kappa shape index (κ2) is 7.63. The van der Waals surface area contributed by atoms with Gasteiger partial charge in [0.05, 0.1) is 16.3 Å². The van der Waals surface area contributed by atoms with Crippen molar-refractivity contribution in [1.82, 2.24) is 4.98 Å². The molecule has 136 valence electrons. The Balaban J connectivity index is 1.79. The molecule has 3 aromatic rings. The number of benzene rings is 2. The van der Waals surface area contributed by atoms with Gasteiger partial charge in [0, 0.05) is 10.9 Å². The molecule has 0 saturated heterocycles. The third kappa shape index (κ3) is 4.53. The van der Waals surface area contributed by atoms with Crippen molar-refractivity contribution >= 4 is 32.8 Å². The number of rotatable bonds is 5. The van der Waals surface area contributed by atoms with Gasteiger partial charge in [0.2, 0.25) is 10.0 Å². The fraction of sp³-hybridized carbons (Fsp3) is 0. The number of halogens is 1. The number of hydrazone groups is 1. The van der Waals surface area contributed by atoms with Crippen LogP contribution in [0.25, 0.3) is 11.3 Å². The predicted molar refractivity (Wildman–Crippen MR) is 101 cm³/mol. The Morgan fingerprint density at radius 1 is 1.19 bits per heavy atom. The molecule has 0 aliphatic heterocycles. The maximum atomic E-state index is 13.0. The van der Waals surface area contributed by atoms with Gasteiger partial charge >= 0.3 is 0 Å². The fourth-order valence-corrected chi connectivity index (χ4v) is 3.38. The lowest BCUT2D eigenvalue weighted by atomic mass is 10.2. The van der Waals surface area contributed by atoms with Gasteiger partial charge in [0.25, 0.3) is 0 Å². The van der Waals surface area contributed by atoms with E-state index in [2.05, 4.69) is 15.5 Å². The second-order valence-corrected chi connectivity index (χ2v) is 7.72. The van der Waals surface area contributed by atoms with Crippen LogP contribution in [0.15, 0.2) is 63.9 Å². The van der Waals surface area contributed by atoms with E-state index in [0.717, 1.165) is 5.56 Å². The molecule has 1 heterocycles. The van der Waals surface area contributed by atoms with Gasteiger partial charge in [-0.05, 0) is 48.5 Å². The quantitative estimate of drug-likeness (QED) is 0.503. The summed E-state index contributed by atoms with van der Waals surface area (Å²) >= 11 is 1.23. The molecule has 0 aliphatic carbocycles. The minimum atomic E-state index is -3.77. The van der Waals surface area contributed by atoms with E-state index >= 15 is 0 Å². The Morgan fingerprint density at radius 3 is 2.44 bits per heavy atom. The number of anilines is 1. The average Bonchev–Trinajstić information content (AvgIpc) is 3.12. The summed E-state index contributed by atoms with van der Waals surface area (Å²) in [5, 5.41) is 20.5. The Morgan fingerprint density at radius 2 is 1.85 bits per heavy atom. The van der Waals surface area contributed by atoms with E-state index in [1.165, 1.54) is 47.7 Å². The van der Waals surface area contributed by atoms with Gasteiger partial charge in [-0.25, -0.2) is 22.9 Å². The highest BCUT2D eigenvalue weighted by molar-refractivity contribution is 7.89. The fourth-order valence-electron chi connectivity index (χ4n) is 2.10. The molecule has 0 fully saturated rings. The van der Waals surface area contributed by atoms with E-state index in [1.807, 2.05) is 6.07 Å². The molecule has 3 rings (SSSR count). The third-order valence-electron chi connectivity index (χ3n) is 3.43. The smallest absolute Gasteiger partial charge is 0.238 e. The number of hydrogen-bond acceptors (Lipinski definition) is 7. The van der Waals surface area contributed by atoms with Crippen LogP contribution in [-0.4, -0.2) is 19.1 Å². The zero-order valence-corrected chi connectivity index (χ0v) is 15.3. The van der Waals surface area contributed by atoms with Crippen LogP contribution >= 0.6 is 11.3 Å². The molecular weight excluding hydrogens is 389 g/mol. The van der Waals surface area contributed by atoms with Crippen LogP contribution in [-0.2, 0) is 10.0 Å². The monoisotopic (exact) mass is 401 g/mol. The van der Waals surface area contributed by atoms with Gasteiger partial charge in [-0.1, -0.05) is 0 Å². The first-order chi connectivity index (χ1) is 12.9. The van der Waals surface area contributed by atoms with Crippen LogP contribution in [0.5, 0.6) is 0 Å². The number of thiazole rings is 1. The van der Waals surface area contributed by atoms with Crippen molar-refractivity contribution in [2.75, 3.05) is 5.43 Å². The number of aromatic nitrogens is 1. The number of nitriles is 1. The largest absolute Gasteiger partial charge is 0.277 e. The highest BCUT2D eigenvalue weighted by atomic mass is 32.2. The summed E-state index contributed by atoms with van der Waals surface area (Å²) in [7, 11) is -3.77. The van der Waals surface area contributed by atoms with Crippen molar-refractivity contribution in [1.29, 1.82) is 5.26 Å². The van der Waals surface area contributed by atoms with Gasteiger partial charge < -0.3 is 0 Å². The lowest BCUT2D eigenvalue weighted by molar-refractivity contribution is 0.598. The summed E-state index contributed by atoms with van der Waals surface area (Å²) in [6, 6.07) is 13.4. The van der Waals surface area contributed by atoms with Gasteiger partial charge in [-0.2, -0.15) is 10.4 Å². The number of hydrogen-bond donors (Lipinski definition) is 2. The molecule has 0 aliphatic rings. The summed E-state index contributed by atoms with van der Waals surface area (Å²) in [5.41, 5.74) is 4.54. The molecular formula is C17H12FN5O2S2. The van der Waals surface area contributed by atoms with E-state index in [1.54, 1.807) is 17.5 Å².